The normalized spacial score (nSPS) is 18.1. The Morgan fingerprint density at radius 2 is 1.72 bits per heavy atom. The molecule has 8 nitrogen and oxygen atoms in total. The minimum absolute atomic E-state index is 0.162. The lowest BCUT2D eigenvalue weighted by Gasteiger charge is -2.23. The summed E-state index contributed by atoms with van der Waals surface area (Å²) < 4.78 is 0. The van der Waals surface area contributed by atoms with E-state index in [1.165, 1.54) is 0 Å². The predicted octanol–water partition coefficient (Wildman–Crippen LogP) is 1.02. The SMILES string of the molecule is O=C1CCC(C(=O)N2CCCN(C(=O)Nc3ccccc3)CC2)=NN1. The number of rotatable bonds is 2. The number of nitrogens with zero attached hydrogens (tertiary/aromatic N) is 3. The van der Waals surface area contributed by atoms with E-state index in [-0.39, 0.29) is 24.3 Å². The molecule has 8 heteroatoms. The van der Waals surface area contributed by atoms with Gasteiger partial charge in [0.15, 0.2) is 0 Å². The van der Waals surface area contributed by atoms with Crippen LogP contribution in [0.4, 0.5) is 10.5 Å². The van der Waals surface area contributed by atoms with E-state index in [2.05, 4.69) is 15.8 Å². The first-order chi connectivity index (χ1) is 12.1. The molecule has 2 heterocycles. The van der Waals surface area contributed by atoms with Crippen molar-refractivity contribution in [1.82, 2.24) is 15.2 Å². The van der Waals surface area contributed by atoms with Crippen molar-refractivity contribution >= 4 is 29.2 Å². The molecule has 25 heavy (non-hydrogen) atoms. The van der Waals surface area contributed by atoms with E-state index in [4.69, 9.17) is 0 Å². The summed E-state index contributed by atoms with van der Waals surface area (Å²) in [4.78, 5) is 39.4. The van der Waals surface area contributed by atoms with Crippen LogP contribution in [0.25, 0.3) is 0 Å². The van der Waals surface area contributed by atoms with Gasteiger partial charge in [0, 0.05) is 44.7 Å². The second-order valence-corrected chi connectivity index (χ2v) is 6.02. The van der Waals surface area contributed by atoms with Crippen molar-refractivity contribution < 1.29 is 14.4 Å². The van der Waals surface area contributed by atoms with Crippen LogP contribution in [-0.4, -0.2) is 59.5 Å². The van der Waals surface area contributed by atoms with E-state index in [1.54, 1.807) is 9.80 Å². The topological polar surface area (TPSA) is 94.1 Å². The number of hydrogen-bond donors (Lipinski definition) is 2. The van der Waals surface area contributed by atoms with Gasteiger partial charge in [-0.25, -0.2) is 10.2 Å². The molecule has 0 saturated carbocycles. The molecule has 0 spiro atoms. The molecule has 1 aromatic rings. The van der Waals surface area contributed by atoms with Crippen molar-refractivity contribution in [3.05, 3.63) is 30.3 Å². The second-order valence-electron chi connectivity index (χ2n) is 6.02. The molecule has 4 amide bonds. The first kappa shape index (κ1) is 16.9. The maximum Gasteiger partial charge on any atom is 0.321 e. The summed E-state index contributed by atoms with van der Waals surface area (Å²) in [7, 11) is 0. The van der Waals surface area contributed by atoms with Crippen molar-refractivity contribution in [2.45, 2.75) is 19.3 Å². The van der Waals surface area contributed by atoms with E-state index >= 15 is 0 Å². The Balaban J connectivity index is 1.56. The van der Waals surface area contributed by atoms with Crippen LogP contribution in [0, 0.1) is 0 Å². The van der Waals surface area contributed by atoms with Gasteiger partial charge < -0.3 is 15.1 Å². The van der Waals surface area contributed by atoms with Crippen molar-refractivity contribution in [3.63, 3.8) is 0 Å². The Morgan fingerprint density at radius 3 is 2.44 bits per heavy atom. The van der Waals surface area contributed by atoms with E-state index in [0.717, 1.165) is 5.69 Å². The quantitative estimate of drug-likeness (QED) is 0.839. The molecule has 1 saturated heterocycles. The maximum atomic E-state index is 12.5. The van der Waals surface area contributed by atoms with Crippen LogP contribution in [0.2, 0.25) is 0 Å². The predicted molar refractivity (Wildman–Crippen MR) is 93.0 cm³/mol. The zero-order chi connectivity index (χ0) is 17.6. The molecule has 0 bridgehead atoms. The number of benzene rings is 1. The van der Waals surface area contributed by atoms with Gasteiger partial charge in [-0.05, 0) is 18.6 Å². The molecule has 0 unspecified atom stereocenters. The summed E-state index contributed by atoms with van der Waals surface area (Å²) in [6.07, 6.45) is 1.34. The monoisotopic (exact) mass is 343 g/mol. The number of nitrogens with one attached hydrogen (secondary N) is 2. The van der Waals surface area contributed by atoms with Gasteiger partial charge in [0.1, 0.15) is 5.71 Å². The lowest BCUT2D eigenvalue weighted by Crippen LogP contribution is -2.43. The van der Waals surface area contributed by atoms with Crippen molar-refractivity contribution in [2.75, 3.05) is 31.5 Å². The molecule has 1 fully saturated rings. The Kier molecular flexibility index (Phi) is 5.27. The highest BCUT2D eigenvalue weighted by Gasteiger charge is 2.26. The van der Waals surface area contributed by atoms with Crippen molar-refractivity contribution in [1.29, 1.82) is 0 Å². The van der Waals surface area contributed by atoms with Gasteiger partial charge in [0.05, 0.1) is 0 Å². The molecule has 2 N–H and O–H groups in total. The Morgan fingerprint density at radius 1 is 1.00 bits per heavy atom. The third-order valence-electron chi connectivity index (χ3n) is 4.25. The van der Waals surface area contributed by atoms with Crippen LogP contribution in [0.5, 0.6) is 0 Å². The van der Waals surface area contributed by atoms with E-state index in [0.29, 0.717) is 44.7 Å². The van der Waals surface area contributed by atoms with Gasteiger partial charge in [0.2, 0.25) is 5.91 Å². The van der Waals surface area contributed by atoms with Crippen LogP contribution in [0.1, 0.15) is 19.3 Å². The first-order valence-electron chi connectivity index (χ1n) is 8.39. The van der Waals surface area contributed by atoms with Gasteiger partial charge in [-0.3, -0.25) is 9.59 Å². The molecule has 0 aliphatic carbocycles. The highest BCUT2D eigenvalue weighted by molar-refractivity contribution is 6.39. The number of carbonyl (C=O) groups is 3. The van der Waals surface area contributed by atoms with E-state index in [1.807, 2.05) is 30.3 Å². The smallest absolute Gasteiger partial charge is 0.321 e. The van der Waals surface area contributed by atoms with Gasteiger partial charge in [0.25, 0.3) is 5.91 Å². The fourth-order valence-corrected chi connectivity index (χ4v) is 2.86. The Labute approximate surface area is 145 Å². The fraction of sp³-hybridized carbons (Fsp3) is 0.412. The first-order valence-corrected chi connectivity index (χ1v) is 8.39. The van der Waals surface area contributed by atoms with Crippen LogP contribution >= 0.6 is 0 Å². The molecule has 0 radical (unpaired) electrons. The highest BCUT2D eigenvalue weighted by Crippen LogP contribution is 2.11. The molecule has 1 aromatic carbocycles. The number of hydrogen-bond acceptors (Lipinski definition) is 4. The fourth-order valence-electron chi connectivity index (χ4n) is 2.86. The lowest BCUT2D eigenvalue weighted by atomic mass is 10.1. The number of carbonyl (C=O) groups excluding carboxylic acids is 3. The summed E-state index contributed by atoms with van der Waals surface area (Å²) in [5.41, 5.74) is 3.47. The summed E-state index contributed by atoms with van der Waals surface area (Å²) >= 11 is 0. The number of amides is 4. The average Bonchev–Trinajstić information content (AvgIpc) is 2.89. The summed E-state index contributed by atoms with van der Waals surface area (Å²) in [6.45, 7) is 2.07. The van der Waals surface area contributed by atoms with Crippen LogP contribution in [-0.2, 0) is 9.59 Å². The third-order valence-corrected chi connectivity index (χ3v) is 4.25. The minimum Gasteiger partial charge on any atom is -0.336 e. The zero-order valence-corrected chi connectivity index (χ0v) is 13.9. The minimum atomic E-state index is -0.170. The molecule has 132 valence electrons. The van der Waals surface area contributed by atoms with Crippen LogP contribution < -0.4 is 10.7 Å². The summed E-state index contributed by atoms with van der Waals surface area (Å²) in [5.74, 6) is -0.332. The molecule has 3 rings (SSSR count). The second kappa shape index (κ2) is 7.78. The molecule has 2 aliphatic rings. The van der Waals surface area contributed by atoms with Gasteiger partial charge in [-0.1, -0.05) is 18.2 Å². The zero-order valence-electron chi connectivity index (χ0n) is 13.9. The van der Waals surface area contributed by atoms with E-state index in [9.17, 15) is 14.4 Å². The number of hydrazone groups is 1. The van der Waals surface area contributed by atoms with Crippen molar-refractivity contribution in [2.24, 2.45) is 5.10 Å². The van der Waals surface area contributed by atoms with Gasteiger partial charge in [-0.2, -0.15) is 5.10 Å². The summed E-state index contributed by atoms with van der Waals surface area (Å²) in [5, 5.41) is 6.72. The largest absolute Gasteiger partial charge is 0.336 e. The molecule has 0 atom stereocenters. The number of anilines is 1. The molecule has 0 aromatic heterocycles. The Bertz CT molecular complexity index is 689. The van der Waals surface area contributed by atoms with Crippen molar-refractivity contribution in [3.8, 4) is 0 Å². The lowest BCUT2D eigenvalue weighted by molar-refractivity contribution is -0.124. The average molecular weight is 343 g/mol. The molecular weight excluding hydrogens is 322 g/mol. The Hall–Kier alpha value is -2.90. The molecule has 2 aliphatic heterocycles. The standard InChI is InChI=1S/C17H21N5O3/c23-15-8-7-14(19-20-15)16(24)21-9-4-10-22(12-11-21)17(25)18-13-5-2-1-3-6-13/h1-3,5-6H,4,7-12H2,(H,18,25)(H,20,23). The third kappa shape index (κ3) is 4.34. The number of para-hydroxylation sites is 1. The van der Waals surface area contributed by atoms with E-state index < -0.39 is 0 Å². The van der Waals surface area contributed by atoms with Crippen LogP contribution in [0.15, 0.2) is 35.4 Å². The molecular formula is C17H21N5O3. The number of urea groups is 1. The van der Waals surface area contributed by atoms with Gasteiger partial charge in [-0.15, -0.1) is 0 Å². The summed E-state index contributed by atoms with van der Waals surface area (Å²) in [6, 6.07) is 9.12. The van der Waals surface area contributed by atoms with Crippen LogP contribution in [0.3, 0.4) is 0 Å². The van der Waals surface area contributed by atoms with Gasteiger partial charge >= 0.3 is 6.03 Å². The highest BCUT2D eigenvalue weighted by atomic mass is 16.2. The maximum absolute atomic E-state index is 12.5.